The van der Waals surface area contributed by atoms with E-state index >= 15 is 0 Å². The van der Waals surface area contributed by atoms with Gasteiger partial charge in [-0.25, -0.2) is 0 Å². The highest BCUT2D eigenvalue weighted by atomic mass is 16.2. The summed E-state index contributed by atoms with van der Waals surface area (Å²) in [6.45, 7) is 7.33. The summed E-state index contributed by atoms with van der Waals surface area (Å²) in [5.74, 6) is 0.980. The number of piperidine rings is 1. The number of carbonyl (C=O) groups excluding carboxylic acids is 1. The van der Waals surface area contributed by atoms with Gasteiger partial charge in [0.25, 0.3) is 0 Å². The van der Waals surface area contributed by atoms with Crippen molar-refractivity contribution in [3.63, 3.8) is 0 Å². The van der Waals surface area contributed by atoms with Gasteiger partial charge < -0.3 is 10.6 Å². The Labute approximate surface area is 99.4 Å². The van der Waals surface area contributed by atoms with Crippen molar-refractivity contribution in [2.24, 2.45) is 11.7 Å². The molecule has 1 aliphatic rings. The number of hydrogen-bond acceptors (Lipinski definition) is 2. The van der Waals surface area contributed by atoms with Crippen molar-refractivity contribution in [1.82, 2.24) is 4.90 Å². The van der Waals surface area contributed by atoms with E-state index in [1.54, 1.807) is 0 Å². The summed E-state index contributed by atoms with van der Waals surface area (Å²) >= 11 is 0. The molecule has 3 unspecified atom stereocenters. The van der Waals surface area contributed by atoms with Gasteiger partial charge in [-0.1, -0.05) is 6.92 Å². The Kier molecular flexibility index (Phi) is 5.26. The lowest BCUT2D eigenvalue weighted by Crippen LogP contribution is -2.44. The Morgan fingerprint density at radius 1 is 1.44 bits per heavy atom. The van der Waals surface area contributed by atoms with E-state index in [0.29, 0.717) is 24.3 Å². The fourth-order valence-corrected chi connectivity index (χ4v) is 2.36. The van der Waals surface area contributed by atoms with Crippen LogP contribution in [0.4, 0.5) is 0 Å². The lowest BCUT2D eigenvalue weighted by atomic mass is 9.94. The first kappa shape index (κ1) is 13.5. The first-order chi connectivity index (χ1) is 7.50. The molecular formula is C13H26N2O. The Bertz CT molecular complexity index is 228. The summed E-state index contributed by atoms with van der Waals surface area (Å²) in [6, 6.07) is 0.643. The second kappa shape index (κ2) is 6.24. The minimum absolute atomic E-state index is 0.213. The highest BCUT2D eigenvalue weighted by molar-refractivity contribution is 5.76. The Morgan fingerprint density at radius 2 is 2.12 bits per heavy atom. The largest absolute Gasteiger partial charge is 0.340 e. The molecule has 3 atom stereocenters. The zero-order valence-corrected chi connectivity index (χ0v) is 10.9. The molecule has 2 N–H and O–H groups in total. The molecule has 0 aromatic carbocycles. The van der Waals surface area contributed by atoms with Crippen LogP contribution in [-0.4, -0.2) is 29.4 Å². The molecule has 1 saturated heterocycles. The van der Waals surface area contributed by atoms with Gasteiger partial charge in [0.2, 0.25) is 5.91 Å². The Morgan fingerprint density at radius 3 is 2.75 bits per heavy atom. The van der Waals surface area contributed by atoms with Crippen LogP contribution in [0.1, 0.15) is 52.9 Å². The molecule has 16 heavy (non-hydrogen) atoms. The van der Waals surface area contributed by atoms with Gasteiger partial charge in [0.15, 0.2) is 0 Å². The minimum atomic E-state index is 0.213. The van der Waals surface area contributed by atoms with Gasteiger partial charge in [-0.3, -0.25) is 4.79 Å². The summed E-state index contributed by atoms with van der Waals surface area (Å²) in [5, 5.41) is 0. The summed E-state index contributed by atoms with van der Waals surface area (Å²) < 4.78 is 0. The molecule has 0 radical (unpaired) electrons. The second-order valence-corrected chi connectivity index (χ2v) is 5.45. The number of likely N-dealkylation sites (tertiary alicyclic amines) is 1. The molecule has 3 nitrogen and oxygen atoms in total. The van der Waals surface area contributed by atoms with Crippen molar-refractivity contribution in [1.29, 1.82) is 0 Å². The first-order valence-corrected chi connectivity index (χ1v) is 6.55. The van der Waals surface area contributed by atoms with Crippen molar-refractivity contribution in [2.75, 3.05) is 6.54 Å². The Balaban J connectivity index is 2.34. The SMILES string of the molecule is CC(N)CCCC(=O)N1CC(C)CCC1C. The third-order valence-electron chi connectivity index (χ3n) is 3.49. The predicted octanol–water partition coefficient (Wildman–Crippen LogP) is 2.15. The van der Waals surface area contributed by atoms with Gasteiger partial charge in [0.05, 0.1) is 0 Å². The van der Waals surface area contributed by atoms with E-state index in [-0.39, 0.29) is 6.04 Å². The van der Waals surface area contributed by atoms with Crippen molar-refractivity contribution in [2.45, 2.75) is 65.0 Å². The van der Waals surface area contributed by atoms with Crippen molar-refractivity contribution in [3.05, 3.63) is 0 Å². The van der Waals surface area contributed by atoms with E-state index in [9.17, 15) is 4.79 Å². The minimum Gasteiger partial charge on any atom is -0.340 e. The van der Waals surface area contributed by atoms with Crippen molar-refractivity contribution < 1.29 is 4.79 Å². The van der Waals surface area contributed by atoms with Crippen LogP contribution >= 0.6 is 0 Å². The number of rotatable bonds is 4. The summed E-state index contributed by atoms with van der Waals surface area (Å²) in [7, 11) is 0. The van der Waals surface area contributed by atoms with Crippen molar-refractivity contribution >= 4 is 5.91 Å². The number of hydrogen-bond donors (Lipinski definition) is 1. The van der Waals surface area contributed by atoms with Crippen LogP contribution < -0.4 is 5.73 Å². The van der Waals surface area contributed by atoms with Gasteiger partial charge in [0.1, 0.15) is 0 Å². The average Bonchev–Trinajstić information content (AvgIpc) is 2.21. The van der Waals surface area contributed by atoms with E-state index in [1.165, 1.54) is 6.42 Å². The lowest BCUT2D eigenvalue weighted by molar-refractivity contribution is -0.135. The van der Waals surface area contributed by atoms with E-state index in [0.717, 1.165) is 25.8 Å². The molecular weight excluding hydrogens is 200 g/mol. The van der Waals surface area contributed by atoms with E-state index in [4.69, 9.17) is 5.73 Å². The maximum absolute atomic E-state index is 12.0. The smallest absolute Gasteiger partial charge is 0.222 e. The van der Waals surface area contributed by atoms with Crippen LogP contribution in [0.2, 0.25) is 0 Å². The number of nitrogens with two attached hydrogens (primary N) is 1. The first-order valence-electron chi connectivity index (χ1n) is 6.55. The van der Waals surface area contributed by atoms with Crippen LogP contribution in [0.5, 0.6) is 0 Å². The maximum atomic E-state index is 12.0. The monoisotopic (exact) mass is 226 g/mol. The molecule has 1 amide bonds. The lowest BCUT2D eigenvalue weighted by Gasteiger charge is -2.37. The van der Waals surface area contributed by atoms with Gasteiger partial charge in [-0.05, 0) is 45.4 Å². The molecule has 1 rings (SSSR count). The van der Waals surface area contributed by atoms with Crippen molar-refractivity contribution in [3.8, 4) is 0 Å². The average molecular weight is 226 g/mol. The summed E-state index contributed by atoms with van der Waals surface area (Å²) in [4.78, 5) is 14.1. The van der Waals surface area contributed by atoms with Crippen LogP contribution in [0, 0.1) is 5.92 Å². The van der Waals surface area contributed by atoms with Gasteiger partial charge in [0, 0.05) is 25.0 Å². The molecule has 0 saturated carbocycles. The fraction of sp³-hybridized carbons (Fsp3) is 0.923. The number of nitrogens with zero attached hydrogens (tertiary/aromatic N) is 1. The van der Waals surface area contributed by atoms with Crippen LogP contribution in [0.3, 0.4) is 0 Å². The van der Waals surface area contributed by atoms with E-state index < -0.39 is 0 Å². The second-order valence-electron chi connectivity index (χ2n) is 5.45. The summed E-state index contributed by atoms with van der Waals surface area (Å²) in [6.07, 6.45) is 4.95. The standard InChI is InChI=1S/C13H26N2O/c1-10-7-8-12(3)15(9-10)13(16)6-4-5-11(2)14/h10-12H,4-9,14H2,1-3H3. The van der Waals surface area contributed by atoms with Gasteiger partial charge >= 0.3 is 0 Å². The number of amides is 1. The van der Waals surface area contributed by atoms with E-state index in [1.807, 2.05) is 6.92 Å². The van der Waals surface area contributed by atoms with Crippen LogP contribution in [0.15, 0.2) is 0 Å². The van der Waals surface area contributed by atoms with E-state index in [2.05, 4.69) is 18.7 Å². The zero-order chi connectivity index (χ0) is 12.1. The Hall–Kier alpha value is -0.570. The highest BCUT2D eigenvalue weighted by Crippen LogP contribution is 2.22. The topological polar surface area (TPSA) is 46.3 Å². The van der Waals surface area contributed by atoms with Crippen LogP contribution in [-0.2, 0) is 4.79 Å². The molecule has 1 heterocycles. The third-order valence-corrected chi connectivity index (χ3v) is 3.49. The molecule has 3 heteroatoms. The molecule has 0 aromatic heterocycles. The van der Waals surface area contributed by atoms with Crippen LogP contribution in [0.25, 0.3) is 0 Å². The summed E-state index contributed by atoms with van der Waals surface area (Å²) in [5.41, 5.74) is 5.68. The molecule has 1 fully saturated rings. The molecule has 0 spiro atoms. The predicted molar refractivity (Wildman–Crippen MR) is 67.1 cm³/mol. The van der Waals surface area contributed by atoms with Gasteiger partial charge in [-0.2, -0.15) is 0 Å². The zero-order valence-electron chi connectivity index (χ0n) is 10.9. The quantitative estimate of drug-likeness (QED) is 0.798. The molecule has 1 aliphatic heterocycles. The fourth-order valence-electron chi connectivity index (χ4n) is 2.36. The highest BCUT2D eigenvalue weighted by Gasteiger charge is 2.26. The maximum Gasteiger partial charge on any atom is 0.222 e. The molecule has 0 aliphatic carbocycles. The normalized spacial score (nSPS) is 27.9. The van der Waals surface area contributed by atoms with Gasteiger partial charge in [-0.15, -0.1) is 0 Å². The molecule has 0 bridgehead atoms. The molecule has 94 valence electrons. The number of carbonyl (C=O) groups is 1. The third kappa shape index (κ3) is 4.12. The molecule has 0 aromatic rings.